The van der Waals surface area contributed by atoms with Crippen molar-refractivity contribution in [3.63, 3.8) is 0 Å². The Morgan fingerprint density at radius 2 is 2.12 bits per heavy atom. The highest BCUT2D eigenvalue weighted by Crippen LogP contribution is 2.19. The zero-order valence-electron chi connectivity index (χ0n) is 9.79. The van der Waals surface area contributed by atoms with E-state index in [4.69, 9.17) is 5.11 Å². The molecule has 5 heteroatoms. The van der Waals surface area contributed by atoms with Gasteiger partial charge >= 0.3 is 5.97 Å². The van der Waals surface area contributed by atoms with Crippen molar-refractivity contribution in [3.8, 4) is 0 Å². The van der Waals surface area contributed by atoms with Gasteiger partial charge in [-0.3, -0.25) is 19.7 Å². The minimum absolute atomic E-state index is 0.00933. The Morgan fingerprint density at radius 1 is 1.44 bits per heavy atom. The van der Waals surface area contributed by atoms with Gasteiger partial charge < -0.3 is 5.11 Å². The first-order valence-corrected chi connectivity index (χ1v) is 5.25. The Labute approximate surface area is 95.1 Å². The van der Waals surface area contributed by atoms with E-state index < -0.39 is 5.97 Å². The van der Waals surface area contributed by atoms with Crippen LogP contribution < -0.4 is 0 Å². The zero-order chi connectivity index (χ0) is 12.1. The van der Waals surface area contributed by atoms with E-state index in [-0.39, 0.29) is 18.6 Å². The molecule has 0 fully saturated rings. The topological polar surface area (TPSA) is 66.3 Å². The van der Waals surface area contributed by atoms with E-state index in [0.29, 0.717) is 0 Å². The highest BCUT2D eigenvalue weighted by Gasteiger charge is 2.21. The smallest absolute Gasteiger partial charge is 0.317 e. The first-order chi connectivity index (χ1) is 7.52. The summed E-state index contributed by atoms with van der Waals surface area (Å²) in [5.41, 5.74) is 0.789. The van der Waals surface area contributed by atoms with Gasteiger partial charge in [0.1, 0.15) is 0 Å². The van der Waals surface area contributed by atoms with Crippen LogP contribution in [0.25, 0.3) is 0 Å². The summed E-state index contributed by atoms with van der Waals surface area (Å²) in [6.07, 6.45) is 4.89. The van der Waals surface area contributed by atoms with Gasteiger partial charge in [-0.1, -0.05) is 0 Å². The fraction of sp³-hybridized carbons (Fsp3) is 0.545. The largest absolute Gasteiger partial charge is 0.480 e. The van der Waals surface area contributed by atoms with Crippen molar-refractivity contribution < 1.29 is 9.90 Å². The molecule has 0 aliphatic heterocycles. The number of aromatic nitrogens is 2. The second-order valence-corrected chi connectivity index (χ2v) is 3.97. The summed E-state index contributed by atoms with van der Waals surface area (Å²) >= 11 is 0. The molecule has 88 valence electrons. The number of aliphatic carboxylic acids is 1. The summed E-state index contributed by atoms with van der Waals surface area (Å²) in [4.78, 5) is 20.8. The highest BCUT2D eigenvalue weighted by molar-refractivity contribution is 5.69. The van der Waals surface area contributed by atoms with Crippen LogP contribution in [-0.4, -0.2) is 38.5 Å². The molecule has 0 spiro atoms. The minimum Gasteiger partial charge on any atom is -0.480 e. The summed E-state index contributed by atoms with van der Waals surface area (Å²) in [6, 6.07) is 0.0953. The van der Waals surface area contributed by atoms with Gasteiger partial charge in [0.25, 0.3) is 0 Å². The molecule has 5 nitrogen and oxygen atoms in total. The third-order valence-electron chi connectivity index (χ3n) is 2.49. The maximum absolute atomic E-state index is 10.8. The SMILES string of the molecule is CC(C)N(CC(=O)O)[C@@H](C)c1cnccn1. The predicted molar refractivity (Wildman–Crippen MR) is 59.9 cm³/mol. The van der Waals surface area contributed by atoms with E-state index in [9.17, 15) is 4.79 Å². The van der Waals surface area contributed by atoms with Crippen LogP contribution in [0.3, 0.4) is 0 Å². The lowest BCUT2D eigenvalue weighted by molar-refractivity contribution is -0.139. The van der Waals surface area contributed by atoms with Gasteiger partial charge in [0.15, 0.2) is 0 Å². The van der Waals surface area contributed by atoms with Gasteiger partial charge in [0.05, 0.1) is 18.3 Å². The fourth-order valence-electron chi connectivity index (χ4n) is 1.62. The lowest BCUT2D eigenvalue weighted by Gasteiger charge is -2.30. The van der Waals surface area contributed by atoms with Crippen LogP contribution >= 0.6 is 0 Å². The molecular formula is C11H17N3O2. The molecule has 0 saturated carbocycles. The first kappa shape index (κ1) is 12.6. The highest BCUT2D eigenvalue weighted by atomic mass is 16.4. The van der Waals surface area contributed by atoms with Crippen LogP contribution in [-0.2, 0) is 4.79 Å². The molecule has 1 aromatic rings. The Morgan fingerprint density at radius 3 is 2.56 bits per heavy atom. The van der Waals surface area contributed by atoms with Gasteiger partial charge in [-0.2, -0.15) is 0 Å². The molecule has 1 N–H and O–H groups in total. The third kappa shape index (κ3) is 3.27. The number of carbonyl (C=O) groups is 1. The number of carboxylic acid groups (broad SMARTS) is 1. The van der Waals surface area contributed by atoms with Gasteiger partial charge in [0.2, 0.25) is 0 Å². The van der Waals surface area contributed by atoms with Crippen LogP contribution in [0.4, 0.5) is 0 Å². The Hall–Kier alpha value is -1.49. The Kier molecular flexibility index (Phi) is 4.37. The second-order valence-electron chi connectivity index (χ2n) is 3.97. The van der Waals surface area contributed by atoms with Crippen LogP contribution in [0, 0.1) is 0 Å². The Bertz CT molecular complexity index is 340. The maximum atomic E-state index is 10.8. The lowest BCUT2D eigenvalue weighted by atomic mass is 10.1. The van der Waals surface area contributed by atoms with E-state index in [1.165, 1.54) is 0 Å². The molecule has 0 radical (unpaired) electrons. The summed E-state index contributed by atoms with van der Waals surface area (Å²) in [5.74, 6) is -0.829. The van der Waals surface area contributed by atoms with Crippen molar-refractivity contribution in [2.24, 2.45) is 0 Å². The van der Waals surface area contributed by atoms with Crippen molar-refractivity contribution in [1.82, 2.24) is 14.9 Å². The normalized spacial score (nSPS) is 13.1. The average molecular weight is 223 g/mol. The molecule has 0 aliphatic carbocycles. The molecule has 1 atom stereocenters. The zero-order valence-corrected chi connectivity index (χ0v) is 9.79. The molecule has 0 aromatic carbocycles. The van der Waals surface area contributed by atoms with Gasteiger partial charge in [-0.05, 0) is 20.8 Å². The third-order valence-corrected chi connectivity index (χ3v) is 2.49. The maximum Gasteiger partial charge on any atom is 0.317 e. The van der Waals surface area contributed by atoms with Gasteiger partial charge in [0, 0.05) is 24.6 Å². The van der Waals surface area contributed by atoms with Crippen molar-refractivity contribution in [2.45, 2.75) is 32.9 Å². The van der Waals surface area contributed by atoms with E-state index in [2.05, 4.69) is 9.97 Å². The summed E-state index contributed by atoms with van der Waals surface area (Å²) < 4.78 is 0. The summed E-state index contributed by atoms with van der Waals surface area (Å²) in [6.45, 7) is 5.88. The molecule has 1 heterocycles. The van der Waals surface area contributed by atoms with Gasteiger partial charge in [-0.25, -0.2) is 0 Å². The van der Waals surface area contributed by atoms with Crippen molar-refractivity contribution in [3.05, 3.63) is 24.3 Å². The number of nitrogens with zero attached hydrogens (tertiary/aromatic N) is 3. The van der Waals surface area contributed by atoms with E-state index in [1.54, 1.807) is 18.6 Å². The quantitative estimate of drug-likeness (QED) is 0.815. The molecular weight excluding hydrogens is 206 g/mol. The fourth-order valence-corrected chi connectivity index (χ4v) is 1.62. The molecule has 0 bridgehead atoms. The summed E-state index contributed by atoms with van der Waals surface area (Å²) in [5, 5.41) is 8.85. The van der Waals surface area contributed by atoms with Crippen LogP contribution in [0.15, 0.2) is 18.6 Å². The molecule has 0 amide bonds. The molecule has 16 heavy (non-hydrogen) atoms. The monoisotopic (exact) mass is 223 g/mol. The summed E-state index contributed by atoms with van der Waals surface area (Å²) in [7, 11) is 0. The second kappa shape index (κ2) is 5.55. The predicted octanol–water partition coefficient (Wildman–Crippen LogP) is 1.33. The Balaban J connectivity index is 2.83. The van der Waals surface area contributed by atoms with E-state index in [0.717, 1.165) is 5.69 Å². The van der Waals surface area contributed by atoms with Crippen LogP contribution in [0.5, 0.6) is 0 Å². The average Bonchev–Trinajstić information content (AvgIpc) is 2.25. The van der Waals surface area contributed by atoms with E-state index >= 15 is 0 Å². The standard InChI is InChI=1S/C11H17N3O2/c1-8(2)14(7-11(15)16)9(3)10-6-12-4-5-13-10/h4-6,8-9H,7H2,1-3H3,(H,15,16)/t9-/m0/s1. The lowest BCUT2D eigenvalue weighted by Crippen LogP contribution is -2.38. The molecule has 0 aliphatic rings. The molecule has 1 aromatic heterocycles. The molecule has 0 saturated heterocycles. The number of hydrogen-bond acceptors (Lipinski definition) is 4. The van der Waals surface area contributed by atoms with Crippen molar-refractivity contribution in [1.29, 1.82) is 0 Å². The number of carboxylic acids is 1. The van der Waals surface area contributed by atoms with E-state index in [1.807, 2.05) is 25.7 Å². The minimum atomic E-state index is -0.829. The molecule has 1 rings (SSSR count). The van der Waals surface area contributed by atoms with Crippen molar-refractivity contribution >= 4 is 5.97 Å². The van der Waals surface area contributed by atoms with Crippen LogP contribution in [0.2, 0.25) is 0 Å². The number of rotatable bonds is 5. The van der Waals surface area contributed by atoms with Gasteiger partial charge in [-0.15, -0.1) is 0 Å². The molecule has 0 unspecified atom stereocenters. The van der Waals surface area contributed by atoms with Crippen LogP contribution in [0.1, 0.15) is 32.5 Å². The van der Waals surface area contributed by atoms with Crippen molar-refractivity contribution in [2.75, 3.05) is 6.54 Å². The first-order valence-electron chi connectivity index (χ1n) is 5.25. The number of hydrogen-bond donors (Lipinski definition) is 1.